The molecule has 0 amide bonds. The third-order valence-electron chi connectivity index (χ3n) is 10.4. The number of alkyl halides is 3. The van der Waals surface area contributed by atoms with Crippen LogP contribution in [-0.2, 0) is 6.54 Å². The Balaban J connectivity index is 1.57. The minimum atomic E-state index is -3.24. The Morgan fingerprint density at radius 1 is 0.788 bits per heavy atom. The van der Waals surface area contributed by atoms with Gasteiger partial charge in [-0.15, -0.1) is 0 Å². The molecular weight excluding hydrogens is 659 g/mol. The monoisotopic (exact) mass is 705 g/mol. The molecule has 1 heterocycles. The average Bonchev–Trinajstić information content (AvgIpc) is 3.43. The number of aromatic nitrogens is 1. The largest absolute Gasteiger partial charge is 0.489 e. The molecule has 0 bridgehead atoms. The van der Waals surface area contributed by atoms with E-state index in [1.165, 1.54) is 6.07 Å². The predicted molar refractivity (Wildman–Crippen MR) is 205 cm³/mol. The second-order valence-corrected chi connectivity index (χ2v) is 14.4. The van der Waals surface area contributed by atoms with Crippen molar-refractivity contribution in [2.24, 2.45) is 5.92 Å². The quantitative estimate of drug-likeness (QED) is 0.106. The first-order valence-corrected chi connectivity index (χ1v) is 18.2. The van der Waals surface area contributed by atoms with Gasteiger partial charge in [0.1, 0.15) is 12.4 Å². The molecule has 0 fully saturated rings. The summed E-state index contributed by atoms with van der Waals surface area (Å²) in [6.45, 7) is 11.1. The molecule has 0 aliphatic heterocycles. The van der Waals surface area contributed by atoms with E-state index in [2.05, 4.69) is 24.5 Å². The van der Waals surface area contributed by atoms with Gasteiger partial charge >= 0.3 is 0 Å². The smallest absolute Gasteiger partial charge is 0.275 e. The fraction of sp³-hybridized carbons (Fsp3) is 0.333. The van der Waals surface area contributed by atoms with Crippen molar-refractivity contribution in [3.05, 3.63) is 124 Å². The summed E-state index contributed by atoms with van der Waals surface area (Å²) in [5.41, 5.74) is 3.82. The number of fused-ring (bicyclic) bond motifs is 5. The van der Waals surface area contributed by atoms with Crippen molar-refractivity contribution in [3.8, 4) is 5.75 Å². The predicted octanol–water partition coefficient (Wildman–Crippen LogP) is 11.9. The molecule has 6 rings (SSSR count). The zero-order valence-electron chi connectivity index (χ0n) is 30.8. The van der Waals surface area contributed by atoms with Gasteiger partial charge in [0.2, 0.25) is 5.67 Å². The fourth-order valence-electron chi connectivity index (χ4n) is 7.55. The molecule has 2 unspecified atom stereocenters. The average molecular weight is 706 g/mol. The van der Waals surface area contributed by atoms with E-state index < -0.39 is 18.7 Å². The summed E-state index contributed by atoms with van der Waals surface area (Å²) in [5.74, 6) is 0.0270. The fourth-order valence-corrected chi connectivity index (χ4v) is 7.55. The lowest BCUT2D eigenvalue weighted by Crippen LogP contribution is -2.35. The number of ketones is 2. The van der Waals surface area contributed by atoms with E-state index in [0.29, 0.717) is 22.6 Å². The molecule has 6 aromatic rings. The van der Waals surface area contributed by atoms with Gasteiger partial charge in [0.15, 0.2) is 11.6 Å². The van der Waals surface area contributed by atoms with Gasteiger partial charge in [0, 0.05) is 44.9 Å². The molecule has 0 radical (unpaired) electrons. The van der Waals surface area contributed by atoms with Gasteiger partial charge in [0.25, 0.3) is 6.43 Å². The summed E-state index contributed by atoms with van der Waals surface area (Å²) in [7, 11) is 0. The lowest BCUT2D eigenvalue weighted by atomic mass is 9.89. The van der Waals surface area contributed by atoms with Crippen molar-refractivity contribution >= 4 is 44.1 Å². The van der Waals surface area contributed by atoms with E-state index in [-0.39, 0.29) is 22.9 Å². The Labute approximate surface area is 303 Å². The number of carbonyl (C=O) groups is 2. The number of para-hydroxylation sites is 1. The molecule has 2 atom stereocenters. The Bertz CT molecular complexity index is 2280. The normalized spacial score (nSPS) is 13.6. The standard InChI is InChI=1S/C45H46F3NO3/c1-7-9-14-30(8-2)25-49-38-20-19-31(42(50)34-17-12-13-18-39(34)52-26-45(6,48)44(46)47)23-35(38)36-24-37(32-15-10-11-16-33(32)41(36)49)43(51)40-28(4)21-27(3)22-29(40)5/h10-13,15-24,30,44H,7-9,14,25-26H2,1-6H3. The van der Waals surface area contributed by atoms with Crippen molar-refractivity contribution in [2.75, 3.05) is 6.61 Å². The van der Waals surface area contributed by atoms with Gasteiger partial charge in [-0.1, -0.05) is 87.2 Å². The Morgan fingerprint density at radius 2 is 1.46 bits per heavy atom. The summed E-state index contributed by atoms with van der Waals surface area (Å²) in [6, 6.07) is 26.0. The summed E-state index contributed by atoms with van der Waals surface area (Å²) < 4.78 is 48.8. The van der Waals surface area contributed by atoms with Crippen LogP contribution in [0.1, 0.15) is 95.0 Å². The van der Waals surface area contributed by atoms with Gasteiger partial charge in [-0.25, -0.2) is 13.2 Å². The van der Waals surface area contributed by atoms with Crippen LogP contribution in [0.15, 0.2) is 84.9 Å². The number of halogens is 3. The zero-order valence-corrected chi connectivity index (χ0v) is 30.8. The van der Waals surface area contributed by atoms with Crippen molar-refractivity contribution < 1.29 is 27.5 Å². The van der Waals surface area contributed by atoms with E-state index >= 15 is 0 Å². The number of rotatable bonds is 14. The molecule has 0 aliphatic carbocycles. The van der Waals surface area contributed by atoms with Crippen molar-refractivity contribution in [1.82, 2.24) is 4.57 Å². The maximum atomic E-state index is 14.6. The zero-order chi connectivity index (χ0) is 37.3. The SMILES string of the molecule is CCCCC(CC)Cn1c2ccc(C(=O)c3ccccc3OCC(C)(F)C(F)F)cc2c2cc(C(=O)c3c(C)cc(C)cc3C)c3ccccc3c21. The number of aryl methyl sites for hydroxylation is 3. The Hall–Kier alpha value is -4.91. The number of unbranched alkanes of at least 4 members (excludes halogenated alkanes) is 1. The van der Waals surface area contributed by atoms with E-state index in [9.17, 15) is 22.8 Å². The summed E-state index contributed by atoms with van der Waals surface area (Å²) in [6.07, 6.45) is 1.10. The molecular formula is C45H46F3NO3. The van der Waals surface area contributed by atoms with Crippen LogP contribution in [0.2, 0.25) is 0 Å². The maximum Gasteiger partial charge on any atom is 0.275 e. The van der Waals surface area contributed by atoms with Crippen LogP contribution in [0.25, 0.3) is 32.6 Å². The summed E-state index contributed by atoms with van der Waals surface area (Å²) in [4.78, 5) is 28.7. The second kappa shape index (κ2) is 15.0. The first-order valence-electron chi connectivity index (χ1n) is 18.2. The molecule has 52 heavy (non-hydrogen) atoms. The van der Waals surface area contributed by atoms with Crippen LogP contribution in [0.4, 0.5) is 13.2 Å². The summed E-state index contributed by atoms with van der Waals surface area (Å²) in [5, 5.41) is 3.54. The number of hydrogen-bond acceptors (Lipinski definition) is 3. The molecule has 0 aliphatic rings. The number of hydrogen-bond donors (Lipinski definition) is 0. The van der Waals surface area contributed by atoms with E-state index in [4.69, 9.17) is 4.74 Å². The number of ether oxygens (including phenoxy) is 1. The number of nitrogens with zero attached hydrogens (tertiary/aromatic N) is 1. The molecule has 0 saturated heterocycles. The van der Waals surface area contributed by atoms with Gasteiger partial charge < -0.3 is 9.30 Å². The molecule has 7 heteroatoms. The molecule has 270 valence electrons. The van der Waals surface area contributed by atoms with Crippen LogP contribution >= 0.6 is 0 Å². The number of benzene rings is 5. The summed E-state index contributed by atoms with van der Waals surface area (Å²) >= 11 is 0. The molecule has 1 aromatic heterocycles. The Kier molecular flexibility index (Phi) is 10.6. The highest BCUT2D eigenvalue weighted by Gasteiger charge is 2.36. The van der Waals surface area contributed by atoms with E-state index in [0.717, 1.165) is 88.4 Å². The molecule has 0 spiro atoms. The van der Waals surface area contributed by atoms with Gasteiger partial charge in [0.05, 0.1) is 11.1 Å². The molecule has 0 N–H and O–H groups in total. The van der Waals surface area contributed by atoms with Crippen molar-refractivity contribution in [2.45, 2.75) is 85.9 Å². The first kappa shape index (κ1) is 36.9. The highest BCUT2D eigenvalue weighted by atomic mass is 19.3. The van der Waals surface area contributed by atoms with Gasteiger partial charge in [-0.3, -0.25) is 9.59 Å². The Morgan fingerprint density at radius 3 is 2.13 bits per heavy atom. The molecule has 0 saturated carbocycles. The van der Waals surface area contributed by atoms with Crippen LogP contribution in [0.3, 0.4) is 0 Å². The van der Waals surface area contributed by atoms with E-state index in [1.807, 2.05) is 69.3 Å². The third kappa shape index (κ3) is 6.98. The minimum Gasteiger partial charge on any atom is -0.489 e. The highest BCUT2D eigenvalue weighted by Crippen LogP contribution is 2.39. The van der Waals surface area contributed by atoms with Crippen molar-refractivity contribution in [3.63, 3.8) is 0 Å². The maximum absolute atomic E-state index is 14.6. The molecule has 5 aromatic carbocycles. The lowest BCUT2D eigenvalue weighted by molar-refractivity contribution is -0.0483. The van der Waals surface area contributed by atoms with E-state index in [1.54, 1.807) is 24.3 Å². The van der Waals surface area contributed by atoms with Crippen LogP contribution in [-0.4, -0.2) is 34.8 Å². The van der Waals surface area contributed by atoms with Crippen LogP contribution in [0.5, 0.6) is 5.75 Å². The lowest BCUT2D eigenvalue weighted by Gasteiger charge is -2.20. The van der Waals surface area contributed by atoms with Gasteiger partial charge in [-0.2, -0.15) is 0 Å². The topological polar surface area (TPSA) is 48.3 Å². The minimum absolute atomic E-state index is 0.0315. The second-order valence-electron chi connectivity index (χ2n) is 14.4. The highest BCUT2D eigenvalue weighted by molar-refractivity contribution is 6.27. The third-order valence-corrected chi connectivity index (χ3v) is 10.4. The molecule has 4 nitrogen and oxygen atoms in total. The van der Waals surface area contributed by atoms with Gasteiger partial charge in [-0.05, 0) is 92.9 Å². The number of carbonyl (C=O) groups excluding carboxylic acids is 2. The van der Waals surface area contributed by atoms with Crippen LogP contribution in [0, 0.1) is 26.7 Å². The first-order chi connectivity index (χ1) is 24.9. The van der Waals surface area contributed by atoms with Crippen molar-refractivity contribution in [1.29, 1.82) is 0 Å². The van der Waals surface area contributed by atoms with Crippen LogP contribution < -0.4 is 4.74 Å².